The Morgan fingerprint density at radius 1 is 0.322 bits per heavy atom. The first kappa shape index (κ1) is 85.1. The fourth-order valence-corrected chi connectivity index (χ4v) is 11.7. The van der Waals surface area contributed by atoms with Crippen LogP contribution in [0.5, 0.6) is 0 Å². The maximum Gasteiger partial charge on any atom is 0.472 e. The zero-order valence-electron chi connectivity index (χ0n) is 56.6. The highest BCUT2D eigenvalue weighted by atomic mass is 31.2. The van der Waals surface area contributed by atoms with E-state index in [-0.39, 0.29) is 25.7 Å². The van der Waals surface area contributed by atoms with Crippen LogP contribution in [0.25, 0.3) is 0 Å². The Kier molecular flexibility index (Phi) is 56.6. The maximum atomic E-state index is 13.0. The standard InChI is InChI=1S/C68H132O17P2/c1-9-60(7)46-38-30-21-15-11-12-16-23-32-40-48-65(70)78-54-63(85-68(73)51-43-35-25-19-18-22-31-39-47-61(8)10-2)56-82-86(74,75)80-52-62(69)53-81-87(76,77)83-57-64(55-79-66(71)49-41-33-27-26-29-37-45-59(5)6)84-67(72)50-42-34-24-17-13-14-20-28-36-44-58(3)4/h58-64,69H,9-57H2,1-8H3,(H,74,75)(H,76,77)/t60?,61?,62-,63-,64-/m1/s1. The Hall–Kier alpha value is -1.94. The average molecular weight is 1280 g/mol. The number of ether oxygens (including phenoxy) is 4. The van der Waals surface area contributed by atoms with Gasteiger partial charge in [-0.1, -0.05) is 280 Å². The van der Waals surface area contributed by atoms with Crippen LogP contribution in [-0.2, 0) is 65.4 Å². The van der Waals surface area contributed by atoms with Crippen LogP contribution < -0.4 is 0 Å². The SMILES string of the molecule is CCC(C)CCCCCCCCCCCCC(=O)OC[C@H](COP(=O)(O)OC[C@@H](O)COP(=O)(O)OC[C@@H](COC(=O)CCCCCCCCC(C)C)OC(=O)CCCCCCCCCCCC(C)C)OC(=O)CCCCCCCCCCC(C)CC. The summed E-state index contributed by atoms with van der Waals surface area (Å²) in [5, 5.41) is 10.6. The van der Waals surface area contributed by atoms with Crippen LogP contribution in [0.1, 0.15) is 331 Å². The highest BCUT2D eigenvalue weighted by Gasteiger charge is 2.30. The van der Waals surface area contributed by atoms with Gasteiger partial charge in [-0.15, -0.1) is 0 Å². The van der Waals surface area contributed by atoms with Gasteiger partial charge in [-0.2, -0.15) is 0 Å². The summed E-state index contributed by atoms with van der Waals surface area (Å²) in [5.74, 6) is 0.860. The number of phosphoric ester groups is 2. The molecule has 0 aliphatic carbocycles. The molecule has 0 saturated carbocycles. The molecule has 4 unspecified atom stereocenters. The van der Waals surface area contributed by atoms with E-state index in [2.05, 4.69) is 55.4 Å². The molecule has 87 heavy (non-hydrogen) atoms. The van der Waals surface area contributed by atoms with E-state index in [1.54, 1.807) is 0 Å². The molecule has 0 heterocycles. The number of aliphatic hydroxyl groups excluding tert-OH is 1. The number of phosphoric acid groups is 2. The van der Waals surface area contributed by atoms with Gasteiger partial charge in [0.15, 0.2) is 12.2 Å². The minimum absolute atomic E-state index is 0.104. The molecule has 0 aromatic rings. The van der Waals surface area contributed by atoms with Crippen molar-refractivity contribution in [3.8, 4) is 0 Å². The highest BCUT2D eigenvalue weighted by molar-refractivity contribution is 7.47. The van der Waals surface area contributed by atoms with E-state index in [4.69, 9.17) is 37.0 Å². The van der Waals surface area contributed by atoms with E-state index < -0.39 is 97.5 Å². The number of rotatable bonds is 65. The summed E-state index contributed by atoms with van der Waals surface area (Å²) < 4.78 is 68.2. The molecular weight excluding hydrogens is 1150 g/mol. The normalized spacial score (nSPS) is 15.0. The third-order valence-corrected chi connectivity index (χ3v) is 18.2. The van der Waals surface area contributed by atoms with Crippen molar-refractivity contribution in [1.29, 1.82) is 0 Å². The second-order valence-electron chi connectivity index (χ2n) is 26.0. The lowest BCUT2D eigenvalue weighted by Gasteiger charge is -2.21. The Labute approximate surface area is 530 Å². The molecule has 0 aliphatic rings. The van der Waals surface area contributed by atoms with E-state index in [0.29, 0.717) is 31.6 Å². The molecule has 0 aliphatic heterocycles. The molecule has 516 valence electrons. The molecule has 0 spiro atoms. The van der Waals surface area contributed by atoms with Crippen LogP contribution in [0.2, 0.25) is 0 Å². The number of unbranched alkanes of at least 4 members (excludes halogenated alkanes) is 29. The number of carbonyl (C=O) groups excluding carboxylic acids is 4. The molecule has 0 bridgehead atoms. The first-order chi connectivity index (χ1) is 41.7. The average Bonchev–Trinajstić information content (AvgIpc) is 3.48. The molecule has 3 N–H and O–H groups in total. The smallest absolute Gasteiger partial charge is 0.462 e. The number of esters is 4. The van der Waals surface area contributed by atoms with Crippen molar-refractivity contribution in [3.05, 3.63) is 0 Å². The van der Waals surface area contributed by atoms with Crippen molar-refractivity contribution >= 4 is 39.5 Å². The van der Waals surface area contributed by atoms with Crippen LogP contribution in [0.4, 0.5) is 0 Å². The quantitative estimate of drug-likeness (QED) is 0.0222. The molecule has 0 rings (SSSR count). The summed E-state index contributed by atoms with van der Waals surface area (Å²) in [6.45, 7) is 14.0. The maximum absolute atomic E-state index is 13.0. The van der Waals surface area contributed by atoms with Crippen LogP contribution in [0, 0.1) is 23.7 Å². The van der Waals surface area contributed by atoms with Gasteiger partial charge < -0.3 is 33.8 Å². The Morgan fingerprint density at radius 3 is 0.816 bits per heavy atom. The van der Waals surface area contributed by atoms with E-state index in [0.717, 1.165) is 114 Å². The minimum Gasteiger partial charge on any atom is -0.462 e. The van der Waals surface area contributed by atoms with Gasteiger partial charge in [0.2, 0.25) is 0 Å². The molecule has 7 atom stereocenters. The first-order valence-corrected chi connectivity index (χ1v) is 38.3. The van der Waals surface area contributed by atoms with Crippen molar-refractivity contribution in [2.75, 3.05) is 39.6 Å². The zero-order valence-corrected chi connectivity index (χ0v) is 58.4. The molecule has 0 aromatic carbocycles. The number of aliphatic hydroxyl groups is 1. The third kappa shape index (κ3) is 60.1. The second-order valence-corrected chi connectivity index (χ2v) is 28.9. The topological polar surface area (TPSA) is 237 Å². The highest BCUT2D eigenvalue weighted by Crippen LogP contribution is 2.45. The molecule has 0 amide bonds. The number of hydrogen-bond acceptors (Lipinski definition) is 15. The molecule has 17 nitrogen and oxygen atoms in total. The summed E-state index contributed by atoms with van der Waals surface area (Å²) in [4.78, 5) is 72.4. The lowest BCUT2D eigenvalue weighted by molar-refractivity contribution is -0.161. The predicted molar refractivity (Wildman–Crippen MR) is 349 cm³/mol. The van der Waals surface area contributed by atoms with Crippen molar-refractivity contribution < 1.29 is 80.2 Å². The predicted octanol–water partition coefficient (Wildman–Crippen LogP) is 18.9. The molecule has 0 radical (unpaired) electrons. The van der Waals surface area contributed by atoms with Crippen molar-refractivity contribution in [2.24, 2.45) is 23.7 Å². The van der Waals surface area contributed by atoms with Gasteiger partial charge in [0, 0.05) is 25.7 Å². The first-order valence-electron chi connectivity index (χ1n) is 35.3. The van der Waals surface area contributed by atoms with Crippen molar-refractivity contribution in [1.82, 2.24) is 0 Å². The van der Waals surface area contributed by atoms with Gasteiger partial charge in [-0.25, -0.2) is 9.13 Å². The zero-order chi connectivity index (χ0) is 64.7. The van der Waals surface area contributed by atoms with E-state index >= 15 is 0 Å². The lowest BCUT2D eigenvalue weighted by Crippen LogP contribution is -2.30. The van der Waals surface area contributed by atoms with E-state index in [1.165, 1.54) is 128 Å². The monoisotopic (exact) mass is 1280 g/mol. The molecule has 0 aromatic heterocycles. The molecule has 0 saturated heterocycles. The van der Waals surface area contributed by atoms with Crippen LogP contribution in [0.3, 0.4) is 0 Å². The van der Waals surface area contributed by atoms with Crippen LogP contribution in [-0.4, -0.2) is 96.7 Å². The Balaban J connectivity index is 5.26. The van der Waals surface area contributed by atoms with Crippen molar-refractivity contribution in [2.45, 2.75) is 350 Å². The van der Waals surface area contributed by atoms with Gasteiger partial charge >= 0.3 is 39.5 Å². The largest absolute Gasteiger partial charge is 0.472 e. The van der Waals surface area contributed by atoms with Gasteiger partial charge in [0.1, 0.15) is 19.3 Å². The van der Waals surface area contributed by atoms with Gasteiger partial charge in [-0.05, 0) is 49.4 Å². The van der Waals surface area contributed by atoms with E-state index in [9.17, 15) is 43.2 Å². The summed E-state index contributed by atoms with van der Waals surface area (Å²) in [6, 6.07) is 0. The van der Waals surface area contributed by atoms with Crippen LogP contribution >= 0.6 is 15.6 Å². The van der Waals surface area contributed by atoms with Gasteiger partial charge in [0.25, 0.3) is 0 Å². The third-order valence-electron chi connectivity index (χ3n) is 16.3. The fraction of sp³-hybridized carbons (Fsp3) is 0.941. The summed E-state index contributed by atoms with van der Waals surface area (Å²) in [5.41, 5.74) is 0. The van der Waals surface area contributed by atoms with Crippen LogP contribution in [0.15, 0.2) is 0 Å². The molecular formula is C68H132O17P2. The lowest BCUT2D eigenvalue weighted by atomic mass is 9.99. The van der Waals surface area contributed by atoms with Crippen molar-refractivity contribution in [3.63, 3.8) is 0 Å². The fourth-order valence-electron chi connectivity index (χ4n) is 10.1. The molecule has 0 fully saturated rings. The summed E-state index contributed by atoms with van der Waals surface area (Å²) >= 11 is 0. The summed E-state index contributed by atoms with van der Waals surface area (Å²) in [7, 11) is -9.90. The summed E-state index contributed by atoms with van der Waals surface area (Å²) in [6.07, 6.45) is 39.0. The minimum atomic E-state index is -4.95. The van der Waals surface area contributed by atoms with Gasteiger partial charge in [0.05, 0.1) is 26.4 Å². The Morgan fingerprint density at radius 2 is 0.552 bits per heavy atom. The molecule has 19 heteroatoms. The Bertz CT molecular complexity index is 1730. The van der Waals surface area contributed by atoms with Gasteiger partial charge in [-0.3, -0.25) is 37.3 Å². The van der Waals surface area contributed by atoms with E-state index in [1.807, 2.05) is 0 Å². The second kappa shape index (κ2) is 57.9. The number of carbonyl (C=O) groups is 4. The number of hydrogen-bond donors (Lipinski definition) is 3.